The van der Waals surface area contributed by atoms with E-state index in [-0.39, 0.29) is 35.9 Å². The van der Waals surface area contributed by atoms with Gasteiger partial charge in [-0.25, -0.2) is 0 Å². The van der Waals surface area contributed by atoms with E-state index < -0.39 is 0 Å². The average Bonchev–Trinajstić information content (AvgIpc) is 2.27. The summed E-state index contributed by atoms with van der Waals surface area (Å²) >= 11 is 0. The van der Waals surface area contributed by atoms with Crippen LogP contribution in [0.2, 0.25) is 0 Å². The van der Waals surface area contributed by atoms with E-state index in [1.54, 1.807) is 0 Å². The van der Waals surface area contributed by atoms with Crippen LogP contribution < -0.4 is 5.32 Å². The molecule has 18 heavy (non-hydrogen) atoms. The third-order valence-corrected chi connectivity index (χ3v) is 3.79. The van der Waals surface area contributed by atoms with Crippen LogP contribution in [0, 0.1) is 5.41 Å². The van der Waals surface area contributed by atoms with E-state index in [2.05, 4.69) is 19.2 Å². The quantitative estimate of drug-likeness (QED) is 0.788. The van der Waals surface area contributed by atoms with Gasteiger partial charge in [0.2, 0.25) is 5.91 Å². The van der Waals surface area contributed by atoms with Crippen molar-refractivity contribution in [2.75, 3.05) is 26.2 Å². The van der Waals surface area contributed by atoms with Gasteiger partial charge in [0.15, 0.2) is 0 Å². The number of halogens is 1. The first-order chi connectivity index (χ1) is 7.99. The zero-order chi connectivity index (χ0) is 12.5. The van der Waals surface area contributed by atoms with E-state index in [1.165, 1.54) is 6.42 Å². The molecular formula is C13H25ClN2O2. The molecule has 2 aliphatic rings. The number of rotatable bonds is 1. The van der Waals surface area contributed by atoms with E-state index >= 15 is 0 Å². The summed E-state index contributed by atoms with van der Waals surface area (Å²) in [5.41, 5.74) is 0.257. The minimum absolute atomic E-state index is 0. The molecule has 0 radical (unpaired) electrons. The fourth-order valence-corrected chi connectivity index (χ4v) is 2.82. The highest BCUT2D eigenvalue weighted by Crippen LogP contribution is 2.29. The van der Waals surface area contributed by atoms with Crippen molar-refractivity contribution in [3.8, 4) is 0 Å². The molecule has 2 rings (SSSR count). The van der Waals surface area contributed by atoms with Gasteiger partial charge >= 0.3 is 0 Å². The maximum absolute atomic E-state index is 12.4. The van der Waals surface area contributed by atoms with Crippen LogP contribution in [0.25, 0.3) is 0 Å². The second kappa shape index (κ2) is 6.22. The van der Waals surface area contributed by atoms with Gasteiger partial charge in [0.1, 0.15) is 6.04 Å². The summed E-state index contributed by atoms with van der Waals surface area (Å²) in [5, 5.41) is 3.28. The first-order valence-corrected chi connectivity index (χ1v) is 6.63. The predicted molar refractivity (Wildman–Crippen MR) is 74.0 cm³/mol. The number of hydrogen-bond donors (Lipinski definition) is 1. The number of ether oxygens (including phenoxy) is 1. The number of carbonyl (C=O) groups is 1. The molecule has 0 aromatic rings. The Kier molecular flexibility index (Phi) is 5.44. The number of nitrogens with zero attached hydrogens (tertiary/aromatic N) is 1. The summed E-state index contributed by atoms with van der Waals surface area (Å²) in [6.45, 7) is 9.70. The van der Waals surface area contributed by atoms with Crippen molar-refractivity contribution in [3.05, 3.63) is 0 Å². The van der Waals surface area contributed by atoms with E-state index in [0.29, 0.717) is 6.61 Å². The topological polar surface area (TPSA) is 41.6 Å². The SMILES string of the molecule is C[C@H]1OCCN[C@@H]1C(=O)N1CCCC(C)(C)C1.Cl. The van der Waals surface area contributed by atoms with Crippen LogP contribution in [0.1, 0.15) is 33.6 Å². The van der Waals surface area contributed by atoms with Crippen LogP contribution in [0.15, 0.2) is 0 Å². The van der Waals surface area contributed by atoms with E-state index in [0.717, 1.165) is 26.1 Å². The highest BCUT2D eigenvalue weighted by atomic mass is 35.5. The molecule has 0 unspecified atom stereocenters. The number of morpholine rings is 1. The van der Waals surface area contributed by atoms with Crippen molar-refractivity contribution in [2.45, 2.75) is 45.8 Å². The fraction of sp³-hybridized carbons (Fsp3) is 0.923. The van der Waals surface area contributed by atoms with E-state index in [4.69, 9.17) is 4.74 Å². The van der Waals surface area contributed by atoms with Gasteiger partial charge in [-0.15, -0.1) is 12.4 Å². The monoisotopic (exact) mass is 276 g/mol. The van der Waals surface area contributed by atoms with Crippen LogP contribution in [-0.4, -0.2) is 49.2 Å². The molecule has 0 aromatic carbocycles. The molecule has 4 nitrogen and oxygen atoms in total. The standard InChI is InChI=1S/C13H24N2O2.ClH/c1-10-11(14-6-8-17-10)12(16)15-7-4-5-13(2,3)9-15;/h10-11,14H,4-9H2,1-3H3;1H/t10-,11+;/m1./s1. The molecular weight excluding hydrogens is 252 g/mol. The maximum Gasteiger partial charge on any atom is 0.242 e. The fourth-order valence-electron chi connectivity index (χ4n) is 2.82. The lowest BCUT2D eigenvalue weighted by Gasteiger charge is -2.41. The van der Waals surface area contributed by atoms with Crippen LogP contribution in [-0.2, 0) is 9.53 Å². The lowest BCUT2D eigenvalue weighted by Crippen LogP contribution is -2.58. The second-order valence-corrected chi connectivity index (χ2v) is 6.04. The number of piperidine rings is 1. The Morgan fingerprint density at radius 1 is 1.44 bits per heavy atom. The van der Waals surface area contributed by atoms with Gasteiger partial charge in [0, 0.05) is 19.6 Å². The molecule has 106 valence electrons. The van der Waals surface area contributed by atoms with Crippen molar-refractivity contribution in [1.82, 2.24) is 10.2 Å². The van der Waals surface area contributed by atoms with Crippen LogP contribution in [0.5, 0.6) is 0 Å². The number of nitrogens with one attached hydrogen (secondary N) is 1. The van der Waals surface area contributed by atoms with Crippen molar-refractivity contribution < 1.29 is 9.53 Å². The largest absolute Gasteiger partial charge is 0.375 e. The number of amides is 1. The minimum atomic E-state index is -0.155. The summed E-state index contributed by atoms with van der Waals surface area (Å²) in [4.78, 5) is 14.4. The summed E-state index contributed by atoms with van der Waals surface area (Å²) < 4.78 is 5.54. The Balaban J connectivity index is 0.00000162. The first-order valence-electron chi connectivity index (χ1n) is 6.63. The lowest BCUT2D eigenvalue weighted by atomic mass is 9.84. The first kappa shape index (κ1) is 15.7. The molecule has 2 fully saturated rings. The van der Waals surface area contributed by atoms with Gasteiger partial charge in [-0.2, -0.15) is 0 Å². The Hall–Kier alpha value is -0.320. The average molecular weight is 277 g/mol. The van der Waals surface area contributed by atoms with Crippen molar-refractivity contribution in [2.24, 2.45) is 5.41 Å². The molecule has 2 aliphatic heterocycles. The summed E-state index contributed by atoms with van der Waals surface area (Å²) in [6, 6.07) is -0.155. The normalized spacial score (nSPS) is 31.6. The second-order valence-electron chi connectivity index (χ2n) is 6.04. The third kappa shape index (κ3) is 3.59. The van der Waals surface area contributed by atoms with Crippen LogP contribution in [0.3, 0.4) is 0 Å². The van der Waals surface area contributed by atoms with Gasteiger partial charge < -0.3 is 15.0 Å². The van der Waals surface area contributed by atoms with Crippen molar-refractivity contribution >= 4 is 18.3 Å². The highest BCUT2D eigenvalue weighted by Gasteiger charge is 2.35. The molecule has 2 atom stereocenters. The molecule has 0 spiro atoms. The summed E-state index contributed by atoms with van der Waals surface area (Å²) in [6.07, 6.45) is 2.31. The molecule has 0 saturated carbocycles. The van der Waals surface area contributed by atoms with Crippen LogP contribution in [0.4, 0.5) is 0 Å². The summed E-state index contributed by atoms with van der Waals surface area (Å²) in [5.74, 6) is 0.213. The smallest absolute Gasteiger partial charge is 0.242 e. The predicted octanol–water partition coefficient (Wildman–Crippen LogP) is 1.43. The molecule has 1 amide bonds. The molecule has 2 saturated heterocycles. The van der Waals surface area contributed by atoms with E-state index in [9.17, 15) is 4.79 Å². The lowest BCUT2D eigenvalue weighted by molar-refractivity contribution is -0.142. The minimum Gasteiger partial charge on any atom is -0.375 e. The zero-order valence-corrected chi connectivity index (χ0v) is 12.4. The maximum atomic E-state index is 12.4. The Labute approximate surface area is 116 Å². The number of likely N-dealkylation sites (tertiary alicyclic amines) is 1. The molecule has 1 N–H and O–H groups in total. The molecule has 2 heterocycles. The van der Waals surface area contributed by atoms with Gasteiger partial charge in [-0.3, -0.25) is 4.79 Å². The van der Waals surface area contributed by atoms with Crippen LogP contribution >= 0.6 is 12.4 Å². The van der Waals surface area contributed by atoms with Gasteiger partial charge in [-0.1, -0.05) is 13.8 Å². The van der Waals surface area contributed by atoms with Gasteiger partial charge in [0.05, 0.1) is 12.7 Å². The third-order valence-electron chi connectivity index (χ3n) is 3.79. The zero-order valence-electron chi connectivity index (χ0n) is 11.6. The van der Waals surface area contributed by atoms with Gasteiger partial charge in [0.25, 0.3) is 0 Å². The number of carbonyl (C=O) groups excluding carboxylic acids is 1. The molecule has 0 aliphatic carbocycles. The van der Waals surface area contributed by atoms with Gasteiger partial charge in [-0.05, 0) is 25.2 Å². The molecule has 5 heteroatoms. The van der Waals surface area contributed by atoms with E-state index in [1.807, 2.05) is 11.8 Å². The van der Waals surface area contributed by atoms with Crippen molar-refractivity contribution in [1.29, 1.82) is 0 Å². The Morgan fingerprint density at radius 3 is 2.78 bits per heavy atom. The summed E-state index contributed by atoms with van der Waals surface area (Å²) in [7, 11) is 0. The molecule has 0 bridgehead atoms. The number of hydrogen-bond acceptors (Lipinski definition) is 3. The molecule has 0 aromatic heterocycles. The van der Waals surface area contributed by atoms with Crippen molar-refractivity contribution in [3.63, 3.8) is 0 Å². The highest BCUT2D eigenvalue weighted by molar-refractivity contribution is 5.85. The Bertz CT molecular complexity index is 297. The Morgan fingerprint density at radius 2 is 2.17 bits per heavy atom.